The van der Waals surface area contributed by atoms with Crippen molar-refractivity contribution in [3.05, 3.63) is 42.1 Å². The Bertz CT molecular complexity index is 723. The van der Waals surface area contributed by atoms with Gasteiger partial charge in [-0.1, -0.05) is 0 Å². The maximum Gasteiger partial charge on any atom is 0.700 e. The Morgan fingerprint density at radius 3 is 1.62 bits per heavy atom. The first-order chi connectivity index (χ1) is 13.6. The first kappa shape index (κ1) is 25.8. The first-order valence-corrected chi connectivity index (χ1v) is 9.91. The molecule has 0 saturated heterocycles. The summed E-state index contributed by atoms with van der Waals surface area (Å²) in [5.41, 5.74) is 0. The van der Waals surface area contributed by atoms with Crippen molar-refractivity contribution in [2.75, 3.05) is 0 Å². The first-order valence-electron chi connectivity index (χ1n) is 6.32. The number of hydrogen-bond acceptors (Lipinski definition) is 14. The fourth-order valence-electron chi connectivity index (χ4n) is 1.73. The molecule has 0 amide bonds. The predicted molar refractivity (Wildman–Crippen MR) is 94.2 cm³/mol. The SMILES string of the molecule is O=[N+]([O-])C(CCc1nnc(C(SF)(SF)C(SF)(SF)SF)o1)([N+](=O)[O-])[N+](=O)[O-]. The molecule has 1 heterocycles. The van der Waals surface area contributed by atoms with Crippen LogP contribution in [0.3, 0.4) is 0 Å². The summed E-state index contributed by atoms with van der Waals surface area (Å²) in [5.74, 6) is -5.97. The highest BCUT2D eigenvalue weighted by Crippen LogP contribution is 2.69. The monoisotopic (exact) mass is 525 g/mol. The van der Waals surface area contributed by atoms with E-state index in [-0.39, 0.29) is 0 Å². The third-order valence-electron chi connectivity index (χ3n) is 3.22. The maximum absolute atomic E-state index is 13.5. The Morgan fingerprint density at radius 2 is 1.28 bits per heavy atom. The summed E-state index contributed by atoms with van der Waals surface area (Å²) in [5, 5.41) is 38.8. The average Bonchev–Trinajstić information content (AvgIpc) is 3.15. The third kappa shape index (κ3) is 4.29. The van der Waals surface area contributed by atoms with Crippen molar-refractivity contribution in [2.24, 2.45) is 0 Å². The van der Waals surface area contributed by atoms with Crippen LogP contribution in [0.4, 0.5) is 19.4 Å². The normalized spacial score (nSPS) is 12.7. The Labute approximate surface area is 177 Å². The minimum atomic E-state index is -3.89. The second kappa shape index (κ2) is 10.2. The second-order valence-corrected chi connectivity index (χ2v) is 9.47. The molecule has 0 spiro atoms. The molecule has 1 rings (SSSR count). The molecule has 22 heteroatoms. The van der Waals surface area contributed by atoms with E-state index in [0.29, 0.717) is 0 Å². The summed E-state index contributed by atoms with van der Waals surface area (Å²) in [4.78, 5) is 27.2. The number of hydrogen-bond donors (Lipinski definition) is 0. The van der Waals surface area contributed by atoms with Gasteiger partial charge < -0.3 is 4.42 Å². The van der Waals surface area contributed by atoms with E-state index in [1.807, 2.05) is 0 Å². The van der Waals surface area contributed by atoms with Crippen LogP contribution in [0, 0.1) is 30.3 Å². The van der Waals surface area contributed by atoms with Gasteiger partial charge in [-0.3, -0.25) is 30.3 Å². The summed E-state index contributed by atoms with van der Waals surface area (Å²) >= 11 is -5.63. The van der Waals surface area contributed by atoms with Crippen LogP contribution in [0.1, 0.15) is 18.2 Å². The molecule has 0 aromatic carbocycles. The van der Waals surface area contributed by atoms with E-state index < -0.39 is 113 Å². The van der Waals surface area contributed by atoms with Gasteiger partial charge in [0.2, 0.25) is 13.4 Å². The number of halogens is 5. The standard InChI is InChI=1S/C7H4F5N5O7S5/c8-25-6(26-9,7(27-10,28-11)29-12)4-14-13-3(24-4)1-2-5(15(18)19,16(20)21)17(22)23/h1-2H2. The summed E-state index contributed by atoms with van der Waals surface area (Å²) in [6.07, 6.45) is -2.44. The lowest BCUT2D eigenvalue weighted by molar-refractivity contribution is -0.970. The van der Waals surface area contributed by atoms with E-state index in [9.17, 15) is 49.8 Å². The fourth-order valence-corrected chi connectivity index (χ4v) is 4.30. The number of aryl methyl sites for hydroxylation is 1. The van der Waals surface area contributed by atoms with Crippen molar-refractivity contribution >= 4 is 60.7 Å². The van der Waals surface area contributed by atoms with E-state index in [2.05, 4.69) is 10.2 Å². The lowest BCUT2D eigenvalue weighted by atomic mass is 10.2. The molecule has 0 bridgehead atoms. The van der Waals surface area contributed by atoms with Gasteiger partial charge in [0.05, 0.1) is 60.7 Å². The highest BCUT2D eigenvalue weighted by atomic mass is 32.3. The minimum absolute atomic E-state index is 0.840. The molecule has 0 saturated carbocycles. The van der Waals surface area contributed by atoms with Gasteiger partial charge in [-0.2, -0.15) is 19.4 Å². The van der Waals surface area contributed by atoms with E-state index in [1.165, 1.54) is 0 Å². The number of aromatic nitrogens is 2. The van der Waals surface area contributed by atoms with Crippen LogP contribution in [-0.4, -0.2) is 34.2 Å². The molecule has 0 aliphatic heterocycles. The topological polar surface area (TPSA) is 168 Å². The largest absolute Gasteiger partial charge is 0.700 e. The van der Waals surface area contributed by atoms with Crippen LogP contribution in [0.5, 0.6) is 0 Å². The van der Waals surface area contributed by atoms with Crippen LogP contribution in [0.25, 0.3) is 0 Å². The van der Waals surface area contributed by atoms with Crippen LogP contribution < -0.4 is 0 Å². The van der Waals surface area contributed by atoms with Gasteiger partial charge in [-0.25, -0.2) is 0 Å². The van der Waals surface area contributed by atoms with Crippen molar-refractivity contribution in [3.8, 4) is 0 Å². The van der Waals surface area contributed by atoms with Gasteiger partial charge in [-0.15, -0.1) is 10.2 Å². The smallest absolute Gasteiger partial charge is 0.422 e. The maximum atomic E-state index is 13.5. The summed E-state index contributed by atoms with van der Waals surface area (Å²) in [7, 11) is 0. The molecule has 1 aromatic rings. The average molecular weight is 525 g/mol. The number of rotatable bonds is 13. The van der Waals surface area contributed by atoms with Gasteiger partial charge in [0.1, 0.15) is 0 Å². The summed E-state index contributed by atoms with van der Waals surface area (Å²) in [6, 6.07) is 0. The van der Waals surface area contributed by atoms with Gasteiger partial charge in [-0.05, 0) is 0 Å². The summed E-state index contributed by atoms with van der Waals surface area (Å²) < 4.78 is 64.8. The lowest BCUT2D eigenvalue weighted by Gasteiger charge is -2.32. The molecule has 0 unspecified atom stereocenters. The van der Waals surface area contributed by atoms with E-state index in [0.717, 1.165) is 0 Å². The zero-order valence-electron chi connectivity index (χ0n) is 12.9. The quantitative estimate of drug-likeness (QED) is 0.154. The molecule has 0 radical (unpaired) electrons. The van der Waals surface area contributed by atoms with Gasteiger partial charge in [0.15, 0.2) is 21.2 Å². The van der Waals surface area contributed by atoms with Crippen molar-refractivity contribution < 1.29 is 38.6 Å². The fraction of sp³-hybridized carbons (Fsp3) is 0.714. The van der Waals surface area contributed by atoms with Crippen molar-refractivity contribution in [1.29, 1.82) is 0 Å². The third-order valence-corrected chi connectivity index (χ3v) is 8.44. The van der Waals surface area contributed by atoms with Crippen molar-refractivity contribution in [2.45, 2.75) is 26.1 Å². The van der Waals surface area contributed by atoms with Crippen LogP contribution in [0.2, 0.25) is 0 Å². The summed E-state index contributed by atoms with van der Waals surface area (Å²) in [6.45, 7) is 0. The van der Waals surface area contributed by atoms with E-state index in [1.54, 1.807) is 0 Å². The highest BCUT2D eigenvalue weighted by Gasteiger charge is 2.70. The molecule has 0 N–H and O–H groups in total. The molecular formula is C7H4F5N5O7S5. The predicted octanol–water partition coefficient (Wildman–Crippen LogP) is 4.38. The zero-order chi connectivity index (χ0) is 22.5. The molecule has 0 fully saturated rings. The highest BCUT2D eigenvalue weighted by molar-refractivity contribution is 8.32. The van der Waals surface area contributed by atoms with Gasteiger partial charge in [0, 0.05) is 6.42 Å². The molecule has 29 heavy (non-hydrogen) atoms. The molecule has 0 atom stereocenters. The molecule has 0 aliphatic rings. The van der Waals surface area contributed by atoms with Crippen molar-refractivity contribution in [3.63, 3.8) is 0 Å². The Morgan fingerprint density at radius 1 is 0.828 bits per heavy atom. The van der Waals surface area contributed by atoms with E-state index >= 15 is 0 Å². The Kier molecular flexibility index (Phi) is 9.04. The molecule has 0 aliphatic carbocycles. The molecule has 12 nitrogen and oxygen atoms in total. The Hall–Kier alpha value is -1.26. The van der Waals surface area contributed by atoms with Gasteiger partial charge in [0.25, 0.3) is 5.89 Å². The lowest BCUT2D eigenvalue weighted by Crippen LogP contribution is -2.53. The molecular weight excluding hydrogens is 521 g/mol. The minimum Gasteiger partial charge on any atom is -0.422 e. The van der Waals surface area contributed by atoms with Gasteiger partial charge >= 0.3 is 5.79 Å². The van der Waals surface area contributed by atoms with Crippen LogP contribution >= 0.6 is 60.7 Å². The zero-order valence-corrected chi connectivity index (χ0v) is 17.0. The molecule has 1 aromatic heterocycles. The number of nitro groups is 3. The Balaban J connectivity index is 3.31. The second-order valence-electron chi connectivity index (χ2n) is 4.61. The number of nitrogens with zero attached hydrogens (tertiary/aromatic N) is 5. The van der Waals surface area contributed by atoms with E-state index in [4.69, 9.17) is 4.42 Å². The van der Waals surface area contributed by atoms with Crippen LogP contribution in [-0.2, 0) is 10.5 Å². The molecule has 164 valence electrons. The van der Waals surface area contributed by atoms with Crippen LogP contribution in [0.15, 0.2) is 4.42 Å². The van der Waals surface area contributed by atoms with Crippen molar-refractivity contribution in [1.82, 2.24) is 10.2 Å².